The van der Waals surface area contributed by atoms with Crippen molar-refractivity contribution in [1.29, 1.82) is 0 Å². The molecule has 1 fully saturated rings. The molecule has 1 aromatic carbocycles. The van der Waals surface area contributed by atoms with E-state index in [9.17, 15) is 4.79 Å². The highest BCUT2D eigenvalue weighted by atomic mass is 35.5. The third-order valence-electron chi connectivity index (χ3n) is 4.47. The molecule has 0 saturated carbocycles. The van der Waals surface area contributed by atoms with Gasteiger partial charge in [-0.3, -0.25) is 4.90 Å². The molecule has 1 aromatic heterocycles. The van der Waals surface area contributed by atoms with Crippen LogP contribution in [0, 0.1) is 0 Å². The number of anilines is 1. The Balaban J connectivity index is 1.59. The van der Waals surface area contributed by atoms with Crippen LogP contribution >= 0.6 is 11.6 Å². The molecule has 26 heavy (non-hydrogen) atoms. The molecule has 0 bridgehead atoms. The molecule has 5 nitrogen and oxygen atoms in total. The van der Waals surface area contributed by atoms with E-state index >= 15 is 0 Å². The summed E-state index contributed by atoms with van der Waals surface area (Å²) in [6.45, 7) is 6.95. The van der Waals surface area contributed by atoms with Gasteiger partial charge in [0, 0.05) is 43.9 Å². The Morgan fingerprint density at radius 3 is 2.81 bits per heavy atom. The van der Waals surface area contributed by atoms with Gasteiger partial charge in [-0.1, -0.05) is 23.7 Å². The lowest BCUT2D eigenvalue weighted by molar-refractivity contribution is 0.0526. The van der Waals surface area contributed by atoms with E-state index in [2.05, 4.69) is 20.9 Å². The van der Waals surface area contributed by atoms with Gasteiger partial charge in [-0.2, -0.15) is 0 Å². The van der Waals surface area contributed by atoms with Crippen molar-refractivity contribution in [2.24, 2.45) is 0 Å². The second-order valence-corrected chi connectivity index (χ2v) is 6.81. The molecule has 0 radical (unpaired) electrons. The number of rotatable bonds is 5. The molecule has 1 aliphatic rings. The van der Waals surface area contributed by atoms with Gasteiger partial charge in [-0.25, -0.2) is 9.78 Å². The van der Waals surface area contributed by atoms with Crippen molar-refractivity contribution in [3.63, 3.8) is 0 Å². The summed E-state index contributed by atoms with van der Waals surface area (Å²) in [5, 5.41) is 0.782. The smallest absolute Gasteiger partial charge is 0.339 e. The number of benzene rings is 1. The van der Waals surface area contributed by atoms with Crippen molar-refractivity contribution in [1.82, 2.24) is 9.88 Å². The molecular formula is C20H24ClN3O2. The zero-order valence-electron chi connectivity index (χ0n) is 15.0. The van der Waals surface area contributed by atoms with Crippen molar-refractivity contribution < 1.29 is 9.53 Å². The van der Waals surface area contributed by atoms with Crippen LogP contribution < -0.4 is 4.90 Å². The lowest BCUT2D eigenvalue weighted by Crippen LogP contribution is -2.31. The molecule has 0 aliphatic carbocycles. The quantitative estimate of drug-likeness (QED) is 0.749. The van der Waals surface area contributed by atoms with E-state index in [1.165, 1.54) is 5.56 Å². The van der Waals surface area contributed by atoms with Crippen molar-refractivity contribution in [2.75, 3.05) is 37.7 Å². The Bertz CT molecular complexity index is 736. The van der Waals surface area contributed by atoms with Gasteiger partial charge in [0.05, 0.1) is 12.2 Å². The molecule has 0 amide bonds. The van der Waals surface area contributed by atoms with Gasteiger partial charge in [0.2, 0.25) is 0 Å². The number of nitrogens with zero attached hydrogens (tertiary/aromatic N) is 3. The summed E-state index contributed by atoms with van der Waals surface area (Å²) < 4.78 is 5.00. The second-order valence-electron chi connectivity index (χ2n) is 6.37. The fraction of sp³-hybridized carbons (Fsp3) is 0.400. The molecule has 0 unspecified atom stereocenters. The maximum atomic E-state index is 11.7. The maximum absolute atomic E-state index is 11.7. The van der Waals surface area contributed by atoms with E-state index < -0.39 is 0 Å². The summed E-state index contributed by atoms with van der Waals surface area (Å²) in [6, 6.07) is 11.7. The molecule has 2 aromatic rings. The van der Waals surface area contributed by atoms with Gasteiger partial charge in [-0.15, -0.1) is 0 Å². The molecule has 3 rings (SSSR count). The lowest BCUT2D eigenvalue weighted by atomic mass is 10.2. The second kappa shape index (κ2) is 9.01. The van der Waals surface area contributed by atoms with Gasteiger partial charge >= 0.3 is 5.97 Å². The van der Waals surface area contributed by atoms with Crippen LogP contribution in [-0.4, -0.2) is 48.6 Å². The van der Waals surface area contributed by atoms with Crippen LogP contribution in [0.2, 0.25) is 5.02 Å². The molecule has 1 saturated heterocycles. The van der Waals surface area contributed by atoms with Crippen LogP contribution in [0.25, 0.3) is 0 Å². The highest BCUT2D eigenvalue weighted by Crippen LogP contribution is 2.17. The average molecular weight is 374 g/mol. The number of ether oxygens (including phenoxy) is 1. The standard InChI is InChI=1S/C20H24ClN3O2/c1-2-26-20(25)17-7-8-19(22-14-17)24-10-4-9-23(11-12-24)15-16-5-3-6-18(21)13-16/h3,5-8,13-14H,2,4,9-12,15H2,1H3. The van der Waals surface area contributed by atoms with Crippen LogP contribution in [-0.2, 0) is 11.3 Å². The molecule has 1 aliphatic heterocycles. The maximum Gasteiger partial charge on any atom is 0.339 e. The zero-order valence-corrected chi connectivity index (χ0v) is 15.8. The predicted molar refractivity (Wildman–Crippen MR) is 104 cm³/mol. The van der Waals surface area contributed by atoms with E-state index in [1.54, 1.807) is 19.2 Å². The van der Waals surface area contributed by atoms with Crippen LogP contribution in [0.3, 0.4) is 0 Å². The first kappa shape index (κ1) is 18.7. The van der Waals surface area contributed by atoms with Gasteiger partial charge in [-0.05, 0) is 43.2 Å². The zero-order chi connectivity index (χ0) is 18.4. The SMILES string of the molecule is CCOC(=O)c1ccc(N2CCCN(Cc3cccc(Cl)c3)CC2)nc1. The first-order valence-electron chi connectivity index (χ1n) is 9.00. The summed E-state index contributed by atoms with van der Waals surface area (Å²) >= 11 is 6.08. The van der Waals surface area contributed by atoms with Crippen LogP contribution in [0.15, 0.2) is 42.6 Å². The summed E-state index contributed by atoms with van der Waals surface area (Å²) in [7, 11) is 0. The lowest BCUT2D eigenvalue weighted by Gasteiger charge is -2.23. The van der Waals surface area contributed by atoms with E-state index in [0.717, 1.165) is 50.0 Å². The van der Waals surface area contributed by atoms with E-state index in [4.69, 9.17) is 16.3 Å². The Morgan fingerprint density at radius 1 is 1.19 bits per heavy atom. The topological polar surface area (TPSA) is 45.7 Å². The highest BCUT2D eigenvalue weighted by molar-refractivity contribution is 6.30. The van der Waals surface area contributed by atoms with E-state index in [-0.39, 0.29) is 5.97 Å². The van der Waals surface area contributed by atoms with Gasteiger partial charge in [0.1, 0.15) is 5.82 Å². The van der Waals surface area contributed by atoms with Gasteiger partial charge < -0.3 is 9.64 Å². The summed E-state index contributed by atoms with van der Waals surface area (Å²) in [5.74, 6) is 0.581. The Labute approximate surface area is 159 Å². The highest BCUT2D eigenvalue weighted by Gasteiger charge is 2.17. The Morgan fingerprint density at radius 2 is 2.08 bits per heavy atom. The number of esters is 1. The first-order chi connectivity index (χ1) is 12.7. The normalized spacial score (nSPS) is 15.5. The summed E-state index contributed by atoms with van der Waals surface area (Å²) in [6.07, 6.45) is 2.67. The van der Waals surface area contributed by atoms with E-state index in [1.807, 2.05) is 24.3 Å². The third-order valence-corrected chi connectivity index (χ3v) is 4.70. The molecule has 6 heteroatoms. The van der Waals surface area contributed by atoms with Crippen LogP contribution in [0.5, 0.6) is 0 Å². The van der Waals surface area contributed by atoms with Gasteiger partial charge in [0.25, 0.3) is 0 Å². The number of pyridine rings is 1. The van der Waals surface area contributed by atoms with Crippen molar-refractivity contribution in [2.45, 2.75) is 19.9 Å². The molecule has 2 heterocycles. The van der Waals surface area contributed by atoms with Crippen molar-refractivity contribution >= 4 is 23.4 Å². The number of halogens is 1. The Hall–Kier alpha value is -2.11. The minimum absolute atomic E-state index is 0.324. The summed E-state index contributed by atoms with van der Waals surface area (Å²) in [4.78, 5) is 20.9. The molecule has 0 spiro atoms. The minimum atomic E-state index is -0.324. The predicted octanol–water partition coefficient (Wildman–Crippen LogP) is 3.62. The first-order valence-corrected chi connectivity index (χ1v) is 9.38. The number of carbonyl (C=O) groups excluding carboxylic acids is 1. The molecule has 138 valence electrons. The summed E-state index contributed by atoms with van der Waals surface area (Å²) in [5.41, 5.74) is 1.73. The molecule has 0 atom stereocenters. The number of aromatic nitrogens is 1. The number of hydrogen-bond acceptors (Lipinski definition) is 5. The number of carbonyl (C=O) groups is 1. The monoisotopic (exact) mass is 373 g/mol. The fourth-order valence-electron chi connectivity index (χ4n) is 3.16. The molecule has 0 N–H and O–H groups in total. The average Bonchev–Trinajstić information content (AvgIpc) is 2.88. The van der Waals surface area contributed by atoms with Crippen LogP contribution in [0.4, 0.5) is 5.82 Å². The number of hydrogen-bond donors (Lipinski definition) is 0. The molecular weight excluding hydrogens is 350 g/mol. The third kappa shape index (κ3) is 4.96. The van der Waals surface area contributed by atoms with Crippen molar-refractivity contribution in [3.05, 3.63) is 58.7 Å². The van der Waals surface area contributed by atoms with Crippen molar-refractivity contribution in [3.8, 4) is 0 Å². The van der Waals surface area contributed by atoms with Crippen LogP contribution in [0.1, 0.15) is 29.3 Å². The largest absolute Gasteiger partial charge is 0.462 e. The Kier molecular flexibility index (Phi) is 6.47. The minimum Gasteiger partial charge on any atom is -0.462 e. The fourth-order valence-corrected chi connectivity index (χ4v) is 3.37. The van der Waals surface area contributed by atoms with E-state index in [0.29, 0.717) is 12.2 Å². The van der Waals surface area contributed by atoms with Gasteiger partial charge in [0.15, 0.2) is 0 Å².